The molecule has 0 saturated heterocycles. The third-order valence-corrected chi connectivity index (χ3v) is 4.48. The molecule has 1 aliphatic rings. The highest BCUT2D eigenvalue weighted by Crippen LogP contribution is 2.48. The van der Waals surface area contributed by atoms with Gasteiger partial charge in [-0.25, -0.2) is 0 Å². The van der Waals surface area contributed by atoms with Crippen molar-refractivity contribution in [2.24, 2.45) is 5.41 Å². The van der Waals surface area contributed by atoms with E-state index in [1.807, 2.05) is 37.3 Å². The van der Waals surface area contributed by atoms with Gasteiger partial charge in [0.1, 0.15) is 0 Å². The largest absolute Gasteiger partial charge is 0.351 e. The predicted molar refractivity (Wildman–Crippen MR) is 85.8 cm³/mol. The lowest BCUT2D eigenvalue weighted by molar-refractivity contribution is 0.0946. The van der Waals surface area contributed by atoms with Crippen molar-refractivity contribution >= 4 is 28.4 Å². The number of rotatable bonds is 5. The van der Waals surface area contributed by atoms with Crippen LogP contribution in [0.15, 0.2) is 30.3 Å². The zero-order valence-electron chi connectivity index (χ0n) is 12.2. The number of halogens is 1. The molecule has 0 spiro atoms. The quantitative estimate of drug-likeness (QED) is 0.856. The molecule has 1 heterocycles. The van der Waals surface area contributed by atoms with E-state index in [0.717, 1.165) is 35.9 Å². The minimum atomic E-state index is -0.0162. The number of pyridine rings is 1. The van der Waals surface area contributed by atoms with Gasteiger partial charge in [-0.2, -0.15) is 0 Å². The molecule has 3 nitrogen and oxygen atoms in total. The monoisotopic (exact) mass is 302 g/mol. The molecule has 1 amide bonds. The van der Waals surface area contributed by atoms with Gasteiger partial charge in [0.2, 0.25) is 0 Å². The van der Waals surface area contributed by atoms with Crippen LogP contribution in [0.25, 0.3) is 10.9 Å². The fourth-order valence-corrected chi connectivity index (χ4v) is 3.15. The first-order valence-corrected chi connectivity index (χ1v) is 7.88. The summed E-state index contributed by atoms with van der Waals surface area (Å²) in [6.45, 7) is 2.63. The van der Waals surface area contributed by atoms with Crippen molar-refractivity contribution in [1.82, 2.24) is 10.3 Å². The fourth-order valence-electron chi connectivity index (χ4n) is 2.75. The maximum atomic E-state index is 12.5. The van der Waals surface area contributed by atoms with Crippen molar-refractivity contribution in [2.45, 2.75) is 26.2 Å². The van der Waals surface area contributed by atoms with Crippen LogP contribution < -0.4 is 5.32 Å². The van der Waals surface area contributed by atoms with Crippen molar-refractivity contribution < 1.29 is 4.79 Å². The molecule has 0 bridgehead atoms. The molecule has 0 atom stereocenters. The summed E-state index contributed by atoms with van der Waals surface area (Å²) in [5, 5.41) is 3.99. The molecule has 1 saturated carbocycles. The van der Waals surface area contributed by atoms with Gasteiger partial charge < -0.3 is 5.32 Å². The van der Waals surface area contributed by atoms with Crippen molar-refractivity contribution in [2.75, 3.05) is 12.4 Å². The Labute approximate surface area is 129 Å². The van der Waals surface area contributed by atoms with Crippen molar-refractivity contribution in [1.29, 1.82) is 0 Å². The number of nitrogens with zero attached hydrogens (tertiary/aromatic N) is 1. The predicted octanol–water partition coefficient (Wildman–Crippen LogP) is 3.68. The Bertz CT molecular complexity index is 680. The number of aryl methyl sites for hydroxylation is 1. The van der Waals surface area contributed by atoms with Gasteiger partial charge in [0.25, 0.3) is 5.91 Å². The van der Waals surface area contributed by atoms with Gasteiger partial charge in [-0.3, -0.25) is 9.78 Å². The minimum absolute atomic E-state index is 0.0162. The maximum absolute atomic E-state index is 12.5. The van der Waals surface area contributed by atoms with Crippen molar-refractivity contribution in [3.63, 3.8) is 0 Å². The van der Waals surface area contributed by atoms with E-state index in [0.29, 0.717) is 18.0 Å². The molecule has 3 rings (SSSR count). The number of aromatic nitrogens is 1. The number of carbonyl (C=O) groups is 1. The second-order valence-corrected chi connectivity index (χ2v) is 6.33. The van der Waals surface area contributed by atoms with E-state index in [-0.39, 0.29) is 11.3 Å². The van der Waals surface area contributed by atoms with Crippen LogP contribution in [0, 0.1) is 12.3 Å². The molecule has 2 aromatic rings. The molecule has 0 aliphatic heterocycles. The number of benzene rings is 1. The molecule has 1 N–H and O–H groups in total. The summed E-state index contributed by atoms with van der Waals surface area (Å²) in [4.78, 5) is 17.0. The van der Waals surface area contributed by atoms with Crippen LogP contribution >= 0.6 is 11.6 Å². The zero-order valence-corrected chi connectivity index (χ0v) is 12.9. The van der Waals surface area contributed by atoms with Gasteiger partial charge >= 0.3 is 0 Å². The highest BCUT2D eigenvalue weighted by molar-refractivity contribution is 6.17. The summed E-state index contributed by atoms with van der Waals surface area (Å²) in [6.07, 6.45) is 3.30. The van der Waals surface area contributed by atoms with E-state index in [2.05, 4.69) is 10.3 Å². The van der Waals surface area contributed by atoms with E-state index in [1.165, 1.54) is 0 Å². The Hall–Kier alpha value is -1.61. The Morgan fingerprint density at radius 2 is 2.14 bits per heavy atom. The first-order chi connectivity index (χ1) is 10.1. The highest BCUT2D eigenvalue weighted by atomic mass is 35.5. The average Bonchev–Trinajstić information content (AvgIpc) is 3.24. The van der Waals surface area contributed by atoms with Crippen LogP contribution in [0.2, 0.25) is 0 Å². The number of amides is 1. The summed E-state index contributed by atoms with van der Waals surface area (Å²) >= 11 is 5.84. The van der Waals surface area contributed by atoms with Crippen LogP contribution in [0.1, 0.15) is 35.3 Å². The molecule has 110 valence electrons. The second-order valence-electron chi connectivity index (χ2n) is 5.95. The molecule has 0 radical (unpaired) electrons. The van der Waals surface area contributed by atoms with E-state index in [9.17, 15) is 4.79 Å². The molecular formula is C17H19ClN2O. The molecule has 4 heteroatoms. The van der Waals surface area contributed by atoms with E-state index < -0.39 is 0 Å². The SMILES string of the molecule is Cc1cc(C(=O)NCC2(CCCl)CC2)c2ccccc2n1. The number of hydrogen-bond acceptors (Lipinski definition) is 2. The molecule has 1 aromatic carbocycles. The standard InChI is InChI=1S/C17H19ClN2O/c1-12-10-14(13-4-2-3-5-15(13)20-12)16(21)19-11-17(6-7-17)8-9-18/h2-5,10H,6-9,11H2,1H3,(H,19,21). The minimum Gasteiger partial charge on any atom is -0.351 e. The Kier molecular flexibility index (Phi) is 3.85. The van der Waals surface area contributed by atoms with Crippen LogP contribution in [0.5, 0.6) is 0 Å². The second kappa shape index (κ2) is 5.64. The molecule has 1 aromatic heterocycles. The molecule has 1 aliphatic carbocycles. The lowest BCUT2D eigenvalue weighted by atomic mass is 10.0. The third kappa shape index (κ3) is 3.03. The number of carbonyl (C=O) groups excluding carboxylic acids is 1. The normalized spacial score (nSPS) is 15.9. The summed E-state index contributed by atoms with van der Waals surface area (Å²) in [5.41, 5.74) is 2.68. The third-order valence-electron chi connectivity index (χ3n) is 4.29. The zero-order chi connectivity index (χ0) is 14.9. The van der Waals surface area contributed by atoms with Crippen LogP contribution in [-0.2, 0) is 0 Å². The van der Waals surface area contributed by atoms with Crippen molar-refractivity contribution in [3.8, 4) is 0 Å². The first-order valence-electron chi connectivity index (χ1n) is 7.34. The number of hydrogen-bond donors (Lipinski definition) is 1. The molecule has 21 heavy (non-hydrogen) atoms. The number of fused-ring (bicyclic) bond motifs is 1. The first kappa shape index (κ1) is 14.3. The van der Waals surface area contributed by atoms with Gasteiger partial charge in [0, 0.05) is 23.5 Å². The molecule has 1 fully saturated rings. The number of alkyl halides is 1. The van der Waals surface area contributed by atoms with Gasteiger partial charge in [-0.1, -0.05) is 18.2 Å². The van der Waals surface area contributed by atoms with Crippen LogP contribution in [-0.4, -0.2) is 23.3 Å². The lowest BCUT2D eigenvalue weighted by Gasteiger charge is -2.15. The molecular weight excluding hydrogens is 284 g/mol. The number of para-hydroxylation sites is 1. The van der Waals surface area contributed by atoms with Gasteiger partial charge in [-0.05, 0) is 43.7 Å². The Morgan fingerprint density at radius 1 is 1.38 bits per heavy atom. The van der Waals surface area contributed by atoms with E-state index in [4.69, 9.17) is 11.6 Å². The topological polar surface area (TPSA) is 42.0 Å². The summed E-state index contributed by atoms with van der Waals surface area (Å²) in [5.74, 6) is 0.644. The van der Waals surface area contributed by atoms with Gasteiger partial charge in [-0.15, -0.1) is 11.6 Å². The summed E-state index contributed by atoms with van der Waals surface area (Å²) in [7, 11) is 0. The van der Waals surface area contributed by atoms with Crippen LogP contribution in [0.4, 0.5) is 0 Å². The van der Waals surface area contributed by atoms with Crippen LogP contribution in [0.3, 0.4) is 0 Å². The van der Waals surface area contributed by atoms with Gasteiger partial charge in [0.05, 0.1) is 11.1 Å². The summed E-state index contributed by atoms with van der Waals surface area (Å²) < 4.78 is 0. The highest BCUT2D eigenvalue weighted by Gasteiger charge is 2.41. The van der Waals surface area contributed by atoms with E-state index >= 15 is 0 Å². The fraction of sp³-hybridized carbons (Fsp3) is 0.412. The van der Waals surface area contributed by atoms with E-state index in [1.54, 1.807) is 0 Å². The molecule has 0 unspecified atom stereocenters. The van der Waals surface area contributed by atoms with Gasteiger partial charge in [0.15, 0.2) is 0 Å². The van der Waals surface area contributed by atoms with Crippen molar-refractivity contribution in [3.05, 3.63) is 41.6 Å². The number of nitrogens with one attached hydrogen (secondary N) is 1. The summed E-state index contributed by atoms with van der Waals surface area (Å²) in [6, 6.07) is 9.62. The average molecular weight is 303 g/mol. The lowest BCUT2D eigenvalue weighted by Crippen LogP contribution is -2.30. The smallest absolute Gasteiger partial charge is 0.252 e. The Morgan fingerprint density at radius 3 is 2.86 bits per heavy atom. The maximum Gasteiger partial charge on any atom is 0.252 e. The Balaban J connectivity index is 1.81.